The molecule has 0 aromatic heterocycles. The highest BCUT2D eigenvalue weighted by atomic mass is 79.9. The van der Waals surface area contributed by atoms with E-state index in [9.17, 15) is 22.0 Å². The minimum atomic E-state index is -4.14. The summed E-state index contributed by atoms with van der Waals surface area (Å²) in [6, 6.07) is 0.916. The second-order valence-electron chi connectivity index (χ2n) is 5.20. The van der Waals surface area contributed by atoms with Gasteiger partial charge in [0, 0.05) is 12.1 Å². The van der Waals surface area contributed by atoms with E-state index in [2.05, 4.69) is 20.7 Å². The molecule has 1 aliphatic carbocycles. The van der Waals surface area contributed by atoms with Crippen molar-refractivity contribution in [3.05, 3.63) is 28.2 Å². The van der Waals surface area contributed by atoms with Crippen molar-refractivity contribution < 1.29 is 27.1 Å². The number of carbonyl (C=O) groups is 1. The van der Waals surface area contributed by atoms with Gasteiger partial charge in [0.05, 0.1) is 10.4 Å². The molecule has 2 rings (SSSR count). The molecule has 0 bridgehead atoms. The first kappa shape index (κ1) is 17.3. The molecule has 22 heavy (non-hydrogen) atoms. The molecule has 0 unspecified atom stereocenters. The molecule has 2 N–H and O–H groups in total. The first-order valence-electron chi connectivity index (χ1n) is 6.60. The summed E-state index contributed by atoms with van der Waals surface area (Å²) >= 11 is 2.82. The average Bonchev–Trinajstić information content (AvgIpc) is 2.42. The van der Waals surface area contributed by atoms with Gasteiger partial charge >= 0.3 is 5.97 Å². The lowest BCUT2D eigenvalue weighted by Gasteiger charge is -2.26. The first-order valence-corrected chi connectivity index (χ1v) is 8.88. The number of hydrogen-bond acceptors (Lipinski definition) is 3. The van der Waals surface area contributed by atoms with Gasteiger partial charge in [-0.05, 0) is 47.7 Å². The van der Waals surface area contributed by atoms with E-state index in [-0.39, 0.29) is 4.47 Å². The highest BCUT2D eigenvalue weighted by molar-refractivity contribution is 9.10. The van der Waals surface area contributed by atoms with Gasteiger partial charge in [-0.25, -0.2) is 21.9 Å². The summed E-state index contributed by atoms with van der Waals surface area (Å²) in [5, 5.41) is 8.90. The molecular weight excluding hydrogens is 384 g/mol. The van der Waals surface area contributed by atoms with Crippen molar-refractivity contribution in [3.63, 3.8) is 0 Å². The van der Waals surface area contributed by atoms with Gasteiger partial charge in [-0.3, -0.25) is 4.79 Å². The smallest absolute Gasteiger partial charge is 0.306 e. The Balaban J connectivity index is 2.13. The zero-order chi connectivity index (χ0) is 16.5. The van der Waals surface area contributed by atoms with E-state index >= 15 is 0 Å². The Morgan fingerprint density at radius 3 is 2.32 bits per heavy atom. The van der Waals surface area contributed by atoms with Crippen LogP contribution in [0.4, 0.5) is 8.78 Å². The van der Waals surface area contributed by atoms with Crippen LogP contribution in [0.5, 0.6) is 0 Å². The zero-order valence-electron chi connectivity index (χ0n) is 11.4. The lowest BCUT2D eigenvalue weighted by atomic mass is 9.87. The summed E-state index contributed by atoms with van der Waals surface area (Å²) in [5.41, 5.74) is 0. The van der Waals surface area contributed by atoms with Gasteiger partial charge in [0.25, 0.3) is 0 Å². The number of carboxylic acids is 1. The highest BCUT2D eigenvalue weighted by Crippen LogP contribution is 2.27. The van der Waals surface area contributed by atoms with Gasteiger partial charge in [0.15, 0.2) is 0 Å². The highest BCUT2D eigenvalue weighted by Gasteiger charge is 2.30. The molecule has 0 radical (unpaired) electrons. The van der Waals surface area contributed by atoms with Crippen LogP contribution in [0.15, 0.2) is 21.5 Å². The van der Waals surface area contributed by atoms with Crippen molar-refractivity contribution in [2.24, 2.45) is 5.92 Å². The number of carboxylic acid groups (broad SMARTS) is 1. The Bertz CT molecular complexity index is 688. The molecule has 0 aliphatic heterocycles. The molecule has 0 heterocycles. The quantitative estimate of drug-likeness (QED) is 0.764. The number of benzene rings is 1. The van der Waals surface area contributed by atoms with E-state index in [1.54, 1.807) is 0 Å². The fourth-order valence-electron chi connectivity index (χ4n) is 2.45. The fourth-order valence-corrected chi connectivity index (χ4v) is 4.34. The van der Waals surface area contributed by atoms with E-state index in [4.69, 9.17) is 5.11 Å². The van der Waals surface area contributed by atoms with Crippen molar-refractivity contribution in [1.29, 1.82) is 0 Å². The molecule has 0 atom stereocenters. The van der Waals surface area contributed by atoms with Crippen molar-refractivity contribution in [3.8, 4) is 0 Å². The van der Waals surface area contributed by atoms with Crippen LogP contribution >= 0.6 is 15.9 Å². The molecule has 1 saturated carbocycles. The Morgan fingerprint density at radius 2 is 1.77 bits per heavy atom. The van der Waals surface area contributed by atoms with Crippen LogP contribution < -0.4 is 4.72 Å². The van der Waals surface area contributed by atoms with Gasteiger partial charge in [0.1, 0.15) is 16.5 Å². The molecule has 0 amide bonds. The van der Waals surface area contributed by atoms with Crippen LogP contribution in [0.3, 0.4) is 0 Å². The summed E-state index contributed by atoms with van der Waals surface area (Å²) in [6.45, 7) is 0. The zero-order valence-corrected chi connectivity index (χ0v) is 13.8. The molecule has 122 valence electrons. The molecule has 1 fully saturated rings. The maximum atomic E-state index is 13.7. The van der Waals surface area contributed by atoms with Crippen LogP contribution in [0, 0.1) is 17.6 Å². The average molecular weight is 398 g/mol. The summed E-state index contributed by atoms with van der Waals surface area (Å²) in [7, 11) is -4.14. The van der Waals surface area contributed by atoms with Gasteiger partial charge < -0.3 is 5.11 Å². The van der Waals surface area contributed by atoms with Crippen molar-refractivity contribution in [2.75, 3.05) is 0 Å². The monoisotopic (exact) mass is 397 g/mol. The van der Waals surface area contributed by atoms with Crippen LogP contribution in [-0.4, -0.2) is 25.5 Å². The van der Waals surface area contributed by atoms with Gasteiger partial charge in [-0.2, -0.15) is 0 Å². The van der Waals surface area contributed by atoms with E-state index in [0.29, 0.717) is 31.7 Å². The van der Waals surface area contributed by atoms with Crippen molar-refractivity contribution >= 4 is 31.9 Å². The number of halogens is 3. The number of hydrogen-bond donors (Lipinski definition) is 2. The third-order valence-electron chi connectivity index (χ3n) is 3.66. The largest absolute Gasteiger partial charge is 0.481 e. The van der Waals surface area contributed by atoms with Crippen molar-refractivity contribution in [2.45, 2.75) is 36.6 Å². The Labute approximate surface area is 134 Å². The normalized spacial score (nSPS) is 22.5. The standard InChI is InChI=1S/C13H14BrF2NO4S/c14-9-5-12(11(16)6-10(9)15)22(20,21)17-8-3-1-7(2-4-8)13(18)19/h5-8,17H,1-4H2,(H,18,19). The maximum Gasteiger partial charge on any atom is 0.306 e. The van der Waals surface area contributed by atoms with Crippen LogP contribution in [0.1, 0.15) is 25.7 Å². The van der Waals surface area contributed by atoms with Gasteiger partial charge in [-0.1, -0.05) is 0 Å². The number of sulfonamides is 1. The molecule has 1 aliphatic rings. The molecule has 1 aromatic rings. The minimum absolute atomic E-state index is 0.149. The molecule has 0 spiro atoms. The number of nitrogens with one attached hydrogen (secondary N) is 1. The third kappa shape index (κ3) is 3.82. The Kier molecular flexibility index (Phi) is 5.18. The minimum Gasteiger partial charge on any atom is -0.481 e. The summed E-state index contributed by atoms with van der Waals surface area (Å²) in [4.78, 5) is 10.2. The molecule has 0 saturated heterocycles. The fraction of sp³-hybridized carbons (Fsp3) is 0.462. The van der Waals surface area contributed by atoms with E-state index in [0.717, 1.165) is 6.07 Å². The topological polar surface area (TPSA) is 83.5 Å². The second-order valence-corrected chi connectivity index (χ2v) is 7.74. The first-order chi connectivity index (χ1) is 10.2. The molecule has 5 nitrogen and oxygen atoms in total. The number of aliphatic carboxylic acids is 1. The second kappa shape index (κ2) is 6.59. The predicted octanol–water partition coefficient (Wildman–Crippen LogP) is 2.65. The number of rotatable bonds is 4. The van der Waals surface area contributed by atoms with Crippen molar-refractivity contribution in [1.82, 2.24) is 4.72 Å². The molecule has 9 heteroatoms. The van der Waals surface area contributed by atoms with Crippen LogP contribution in [0.25, 0.3) is 0 Å². The predicted molar refractivity (Wildman–Crippen MR) is 77.8 cm³/mol. The van der Waals surface area contributed by atoms with E-state index in [1.807, 2.05) is 0 Å². The molecule has 1 aromatic carbocycles. The van der Waals surface area contributed by atoms with Crippen LogP contribution in [0.2, 0.25) is 0 Å². The third-order valence-corrected chi connectivity index (χ3v) is 5.81. The van der Waals surface area contributed by atoms with Gasteiger partial charge in [0.2, 0.25) is 10.0 Å². The summed E-state index contributed by atoms with van der Waals surface area (Å²) in [6.07, 6.45) is 1.44. The Morgan fingerprint density at radius 1 is 1.18 bits per heavy atom. The maximum absolute atomic E-state index is 13.7. The van der Waals surface area contributed by atoms with Crippen LogP contribution in [-0.2, 0) is 14.8 Å². The van der Waals surface area contributed by atoms with E-state index in [1.165, 1.54) is 0 Å². The SMILES string of the molecule is O=C(O)C1CCC(NS(=O)(=O)c2cc(Br)c(F)cc2F)CC1. The van der Waals surface area contributed by atoms with Gasteiger partial charge in [-0.15, -0.1) is 0 Å². The molecular formula is C13H14BrF2NO4S. The Hall–Kier alpha value is -1.06. The lowest BCUT2D eigenvalue weighted by molar-refractivity contribution is -0.142. The lowest BCUT2D eigenvalue weighted by Crippen LogP contribution is -2.39. The summed E-state index contributed by atoms with van der Waals surface area (Å²) < 4.78 is 53.4. The summed E-state index contributed by atoms with van der Waals surface area (Å²) in [5.74, 6) is -3.43. The van der Waals surface area contributed by atoms with E-state index < -0.39 is 44.5 Å².